The topological polar surface area (TPSA) is 65.1 Å². The maximum Gasteiger partial charge on any atom is 0.519 e. The van der Waals surface area contributed by atoms with Gasteiger partial charge >= 0.3 is 12.3 Å². The van der Waals surface area contributed by atoms with Gasteiger partial charge in [-0.3, -0.25) is 4.90 Å². The molecule has 0 atom stereocenters. The van der Waals surface area contributed by atoms with E-state index < -0.39 is 17.9 Å². The average molecular weight is 305 g/mol. The SMILES string of the molecule is CCN(C(C)C)C(C)C.COC(=O)OC(=O)OC(C)(C)C. The Balaban J connectivity index is 0. The highest BCUT2D eigenvalue weighted by Crippen LogP contribution is 2.08. The standard InChI is InChI=1S/C8H19N.C7H12O5/c1-6-9(7(2)3)8(4)5;1-7(2,3)12-6(9)11-5(8)10-4/h7-8H,6H2,1-5H3;1-4H3. The van der Waals surface area contributed by atoms with Gasteiger partial charge in [-0.15, -0.1) is 0 Å². The van der Waals surface area contributed by atoms with E-state index in [0.29, 0.717) is 12.1 Å². The van der Waals surface area contributed by atoms with Crippen LogP contribution in [-0.4, -0.2) is 48.5 Å². The van der Waals surface area contributed by atoms with Gasteiger partial charge in [0.1, 0.15) is 5.60 Å². The van der Waals surface area contributed by atoms with Crippen molar-refractivity contribution in [3.63, 3.8) is 0 Å². The number of methoxy groups -OCH3 is 1. The van der Waals surface area contributed by atoms with E-state index in [9.17, 15) is 9.59 Å². The lowest BCUT2D eigenvalue weighted by atomic mass is 10.2. The lowest BCUT2D eigenvalue weighted by molar-refractivity contribution is -0.00380. The Hall–Kier alpha value is -1.30. The summed E-state index contributed by atoms with van der Waals surface area (Å²) in [5.41, 5.74) is -0.675. The van der Waals surface area contributed by atoms with E-state index in [4.69, 9.17) is 0 Å². The van der Waals surface area contributed by atoms with Crippen LogP contribution in [0.1, 0.15) is 55.4 Å². The largest absolute Gasteiger partial charge is 0.519 e. The summed E-state index contributed by atoms with van der Waals surface area (Å²) in [5, 5.41) is 0. The summed E-state index contributed by atoms with van der Waals surface area (Å²) in [6.07, 6.45) is -2.14. The van der Waals surface area contributed by atoms with E-state index >= 15 is 0 Å². The second kappa shape index (κ2) is 10.4. The highest BCUT2D eigenvalue weighted by molar-refractivity contribution is 5.76. The van der Waals surface area contributed by atoms with Crippen molar-refractivity contribution < 1.29 is 23.8 Å². The predicted octanol–water partition coefficient (Wildman–Crippen LogP) is 3.83. The molecule has 0 aliphatic heterocycles. The van der Waals surface area contributed by atoms with Crippen molar-refractivity contribution in [1.82, 2.24) is 4.90 Å². The minimum atomic E-state index is -1.08. The predicted molar refractivity (Wildman–Crippen MR) is 82.4 cm³/mol. The first-order valence-corrected chi connectivity index (χ1v) is 7.19. The maximum absolute atomic E-state index is 10.7. The van der Waals surface area contributed by atoms with Gasteiger partial charge in [0.2, 0.25) is 0 Å². The Bertz CT molecular complexity index is 300. The summed E-state index contributed by atoms with van der Waals surface area (Å²) < 4.78 is 12.8. The fourth-order valence-corrected chi connectivity index (χ4v) is 1.71. The molecule has 126 valence electrons. The van der Waals surface area contributed by atoms with Crippen LogP contribution in [0.25, 0.3) is 0 Å². The van der Waals surface area contributed by atoms with Crippen molar-refractivity contribution >= 4 is 12.3 Å². The van der Waals surface area contributed by atoms with Gasteiger partial charge in [-0.2, -0.15) is 0 Å². The second-order valence-electron chi connectivity index (χ2n) is 6.04. The van der Waals surface area contributed by atoms with E-state index in [-0.39, 0.29) is 0 Å². The highest BCUT2D eigenvalue weighted by Gasteiger charge is 2.20. The van der Waals surface area contributed by atoms with Crippen LogP contribution < -0.4 is 0 Å². The van der Waals surface area contributed by atoms with Crippen LogP contribution in [0.4, 0.5) is 9.59 Å². The van der Waals surface area contributed by atoms with Crippen molar-refractivity contribution in [1.29, 1.82) is 0 Å². The van der Waals surface area contributed by atoms with Gasteiger partial charge in [-0.05, 0) is 55.0 Å². The molecule has 0 N–H and O–H groups in total. The van der Waals surface area contributed by atoms with Gasteiger partial charge in [0.25, 0.3) is 0 Å². The van der Waals surface area contributed by atoms with Crippen LogP contribution in [0.5, 0.6) is 0 Å². The molecule has 0 radical (unpaired) electrons. The molecule has 0 rings (SSSR count). The molecule has 0 saturated heterocycles. The molecule has 0 aliphatic carbocycles. The zero-order valence-corrected chi connectivity index (χ0v) is 14.9. The van der Waals surface area contributed by atoms with Crippen molar-refractivity contribution in [3.05, 3.63) is 0 Å². The first-order valence-electron chi connectivity index (χ1n) is 7.19. The smallest absolute Gasteiger partial charge is 0.437 e. The van der Waals surface area contributed by atoms with Crippen LogP contribution in [0.3, 0.4) is 0 Å². The van der Waals surface area contributed by atoms with Gasteiger partial charge in [-0.25, -0.2) is 9.59 Å². The number of hydrogen-bond donors (Lipinski definition) is 0. The summed E-state index contributed by atoms with van der Waals surface area (Å²) in [5.74, 6) is 0. The highest BCUT2D eigenvalue weighted by atomic mass is 16.8. The Labute approximate surface area is 128 Å². The molecule has 6 nitrogen and oxygen atoms in total. The van der Waals surface area contributed by atoms with Crippen molar-refractivity contribution in [2.24, 2.45) is 0 Å². The molecule has 0 aromatic heterocycles. The van der Waals surface area contributed by atoms with Crippen LogP contribution in [-0.2, 0) is 14.2 Å². The molecule has 6 heteroatoms. The fraction of sp³-hybridized carbons (Fsp3) is 0.867. The zero-order chi connectivity index (χ0) is 17.2. The van der Waals surface area contributed by atoms with Crippen molar-refractivity contribution in [2.75, 3.05) is 13.7 Å². The molecule has 0 aromatic rings. The molecule has 0 spiro atoms. The van der Waals surface area contributed by atoms with Gasteiger partial charge in [0.05, 0.1) is 7.11 Å². The summed E-state index contributed by atoms with van der Waals surface area (Å²) in [4.78, 5) is 23.5. The average Bonchev–Trinajstić information content (AvgIpc) is 2.26. The second-order valence-corrected chi connectivity index (χ2v) is 6.04. The summed E-state index contributed by atoms with van der Waals surface area (Å²) in [6.45, 7) is 17.3. The van der Waals surface area contributed by atoms with Crippen LogP contribution in [0, 0.1) is 0 Å². The number of rotatable bonds is 3. The molecule has 0 amide bonds. The minimum absolute atomic E-state index is 0.675. The van der Waals surface area contributed by atoms with E-state index in [0.717, 1.165) is 13.7 Å². The summed E-state index contributed by atoms with van der Waals surface area (Å²) >= 11 is 0. The first-order chi connectivity index (χ1) is 9.44. The maximum atomic E-state index is 10.7. The van der Waals surface area contributed by atoms with Crippen LogP contribution in [0.2, 0.25) is 0 Å². The number of nitrogens with zero attached hydrogens (tertiary/aromatic N) is 1. The summed E-state index contributed by atoms with van der Waals surface area (Å²) in [6, 6.07) is 1.38. The third-order valence-corrected chi connectivity index (χ3v) is 2.41. The minimum Gasteiger partial charge on any atom is -0.437 e. The first kappa shape index (κ1) is 22.0. The van der Waals surface area contributed by atoms with E-state index in [2.05, 4.69) is 53.7 Å². The fourth-order valence-electron chi connectivity index (χ4n) is 1.71. The number of carbonyl (C=O) groups excluding carboxylic acids is 2. The Morgan fingerprint density at radius 2 is 1.43 bits per heavy atom. The summed E-state index contributed by atoms with van der Waals surface area (Å²) in [7, 11) is 1.10. The monoisotopic (exact) mass is 305 g/mol. The molecule has 0 heterocycles. The molecule has 0 fully saturated rings. The third kappa shape index (κ3) is 13.4. The molecule has 0 saturated carbocycles. The Kier molecular flexibility index (Phi) is 10.9. The third-order valence-electron chi connectivity index (χ3n) is 2.41. The van der Waals surface area contributed by atoms with Crippen molar-refractivity contribution in [3.8, 4) is 0 Å². The van der Waals surface area contributed by atoms with Crippen molar-refractivity contribution in [2.45, 2.75) is 73.1 Å². The molecule has 0 unspecified atom stereocenters. The van der Waals surface area contributed by atoms with Gasteiger partial charge in [0.15, 0.2) is 0 Å². The normalized spacial score (nSPS) is 11.0. The number of carbonyl (C=O) groups is 2. The molecule has 0 aliphatic rings. The Morgan fingerprint density at radius 1 is 1.00 bits per heavy atom. The van der Waals surface area contributed by atoms with E-state index in [1.807, 2.05) is 0 Å². The van der Waals surface area contributed by atoms with E-state index in [1.165, 1.54) is 0 Å². The molecule has 21 heavy (non-hydrogen) atoms. The Morgan fingerprint density at radius 3 is 1.62 bits per heavy atom. The quantitative estimate of drug-likeness (QED) is 0.583. The van der Waals surface area contributed by atoms with Crippen LogP contribution >= 0.6 is 0 Å². The molecular formula is C15H31NO5. The molecule has 0 aromatic carbocycles. The molecule has 0 bridgehead atoms. The van der Waals surface area contributed by atoms with Crippen LogP contribution in [0.15, 0.2) is 0 Å². The zero-order valence-electron chi connectivity index (χ0n) is 14.9. The lowest BCUT2D eigenvalue weighted by Crippen LogP contribution is -2.36. The van der Waals surface area contributed by atoms with Gasteiger partial charge in [-0.1, -0.05) is 6.92 Å². The molecular weight excluding hydrogens is 274 g/mol. The number of ether oxygens (including phenoxy) is 3. The lowest BCUT2D eigenvalue weighted by Gasteiger charge is -2.28. The van der Waals surface area contributed by atoms with Gasteiger partial charge in [0, 0.05) is 12.1 Å². The van der Waals surface area contributed by atoms with E-state index in [1.54, 1.807) is 20.8 Å². The number of hydrogen-bond acceptors (Lipinski definition) is 6. The van der Waals surface area contributed by atoms with Gasteiger partial charge < -0.3 is 14.2 Å².